The van der Waals surface area contributed by atoms with Crippen molar-refractivity contribution in [2.75, 3.05) is 6.54 Å². The van der Waals surface area contributed by atoms with Crippen molar-refractivity contribution >= 4 is 17.6 Å². The zero-order valence-corrected chi connectivity index (χ0v) is 15.3. The van der Waals surface area contributed by atoms with E-state index in [0.29, 0.717) is 29.3 Å². The van der Waals surface area contributed by atoms with Gasteiger partial charge >= 0.3 is 6.03 Å². The predicted molar refractivity (Wildman–Crippen MR) is 96.3 cm³/mol. The summed E-state index contributed by atoms with van der Waals surface area (Å²) in [7, 11) is 0. The van der Waals surface area contributed by atoms with Crippen LogP contribution in [0.2, 0.25) is 5.02 Å². The number of hydrogen-bond acceptors (Lipinski definition) is 2. The van der Waals surface area contributed by atoms with Gasteiger partial charge in [0.25, 0.3) is 0 Å². The number of amides is 2. The molecule has 2 N–H and O–H groups in total. The lowest BCUT2D eigenvalue weighted by molar-refractivity contribution is -0.152. The second-order valence-corrected chi connectivity index (χ2v) is 9.46. The van der Waals surface area contributed by atoms with Gasteiger partial charge in [-0.15, -0.1) is 0 Å². The smallest absolute Gasteiger partial charge is 0.318 e. The molecule has 25 heavy (non-hydrogen) atoms. The van der Waals surface area contributed by atoms with E-state index in [-0.39, 0.29) is 12.1 Å². The third-order valence-corrected chi connectivity index (χ3v) is 7.48. The van der Waals surface area contributed by atoms with Crippen LogP contribution in [0.3, 0.4) is 0 Å². The van der Waals surface area contributed by atoms with Gasteiger partial charge in [0.05, 0.1) is 11.1 Å². The van der Waals surface area contributed by atoms with Crippen molar-refractivity contribution < 1.29 is 9.90 Å². The fraction of sp³-hybridized carbons (Fsp3) is 0.650. The summed E-state index contributed by atoms with van der Waals surface area (Å²) in [5.41, 5.74) is 0.0610. The van der Waals surface area contributed by atoms with Crippen LogP contribution in [-0.2, 0) is 5.54 Å². The average Bonchev–Trinajstić information content (AvgIpc) is 2.81. The van der Waals surface area contributed by atoms with Gasteiger partial charge in [0, 0.05) is 17.6 Å². The molecule has 0 spiro atoms. The number of carbonyl (C=O) groups is 1. The first kappa shape index (κ1) is 16.0. The molecular formula is C20H25ClN2O2. The molecule has 0 aromatic heterocycles. The van der Waals surface area contributed by atoms with E-state index >= 15 is 0 Å². The minimum Gasteiger partial charge on any atom is -0.390 e. The molecule has 5 aliphatic rings. The lowest BCUT2D eigenvalue weighted by Gasteiger charge is -2.59. The summed E-state index contributed by atoms with van der Waals surface area (Å²) in [5.74, 6) is 1.53. The molecule has 5 heteroatoms. The van der Waals surface area contributed by atoms with Crippen molar-refractivity contribution in [1.29, 1.82) is 0 Å². The Kier molecular flexibility index (Phi) is 3.28. The minimum atomic E-state index is -0.463. The van der Waals surface area contributed by atoms with Crippen molar-refractivity contribution in [3.8, 4) is 0 Å². The molecule has 4 aliphatic carbocycles. The molecule has 0 radical (unpaired) electrons. The molecular weight excluding hydrogens is 336 g/mol. The van der Waals surface area contributed by atoms with Crippen molar-refractivity contribution in [3.63, 3.8) is 0 Å². The van der Waals surface area contributed by atoms with Crippen molar-refractivity contribution in [3.05, 3.63) is 34.9 Å². The molecule has 1 aromatic rings. The quantitative estimate of drug-likeness (QED) is 0.847. The van der Waals surface area contributed by atoms with Crippen molar-refractivity contribution in [2.45, 2.75) is 56.2 Å². The molecule has 3 atom stereocenters. The summed E-state index contributed by atoms with van der Waals surface area (Å²) >= 11 is 6.41. The van der Waals surface area contributed by atoms with Crippen LogP contribution in [0.5, 0.6) is 0 Å². The Balaban J connectivity index is 1.44. The normalized spacial score (nSPS) is 45.1. The number of benzene rings is 1. The molecule has 1 aliphatic heterocycles. The van der Waals surface area contributed by atoms with Gasteiger partial charge in [0.1, 0.15) is 0 Å². The highest BCUT2D eigenvalue weighted by atomic mass is 35.5. The maximum absolute atomic E-state index is 12.9. The second-order valence-electron chi connectivity index (χ2n) is 9.05. The largest absolute Gasteiger partial charge is 0.390 e. The predicted octanol–water partition coefficient (Wildman–Crippen LogP) is 3.52. The van der Waals surface area contributed by atoms with E-state index in [1.54, 1.807) is 0 Å². The summed E-state index contributed by atoms with van der Waals surface area (Å²) in [5, 5.41) is 14.7. The summed E-state index contributed by atoms with van der Waals surface area (Å²) < 4.78 is 0. The number of hydrogen-bond donors (Lipinski definition) is 2. The van der Waals surface area contributed by atoms with Crippen LogP contribution >= 0.6 is 11.6 Å². The van der Waals surface area contributed by atoms with Crippen LogP contribution in [-0.4, -0.2) is 34.2 Å². The summed E-state index contributed by atoms with van der Waals surface area (Å²) in [6.07, 6.45) is 5.01. The molecule has 2 amide bonds. The molecule has 6 rings (SSSR count). The van der Waals surface area contributed by atoms with Gasteiger partial charge in [0.15, 0.2) is 0 Å². The number of aliphatic hydroxyl groups is 1. The highest BCUT2D eigenvalue weighted by molar-refractivity contribution is 6.31. The molecule has 4 saturated carbocycles. The molecule has 1 aromatic carbocycles. The first-order chi connectivity index (χ1) is 11.9. The van der Waals surface area contributed by atoms with E-state index in [1.807, 2.05) is 24.3 Å². The molecule has 4 nitrogen and oxygen atoms in total. The molecule has 3 unspecified atom stereocenters. The van der Waals surface area contributed by atoms with Crippen LogP contribution in [0.15, 0.2) is 24.3 Å². The zero-order valence-electron chi connectivity index (χ0n) is 14.5. The summed E-state index contributed by atoms with van der Waals surface area (Å²) in [6, 6.07) is 8.07. The van der Waals surface area contributed by atoms with Gasteiger partial charge in [-0.25, -0.2) is 4.79 Å². The molecule has 5 fully saturated rings. The van der Waals surface area contributed by atoms with Crippen LogP contribution in [0, 0.1) is 17.8 Å². The van der Waals surface area contributed by atoms with E-state index < -0.39 is 11.1 Å². The van der Waals surface area contributed by atoms with Crippen molar-refractivity contribution in [1.82, 2.24) is 10.2 Å². The minimum absolute atomic E-state index is 0.0203. The van der Waals surface area contributed by atoms with Gasteiger partial charge in [-0.2, -0.15) is 0 Å². The van der Waals surface area contributed by atoms with Gasteiger partial charge in [-0.1, -0.05) is 29.8 Å². The SMILES string of the molecule is CC1(c2ccccc2Cl)CN(C2C3CC4CC2CC(O)(C4)C3)C(=O)N1. The summed E-state index contributed by atoms with van der Waals surface area (Å²) in [4.78, 5) is 14.9. The van der Waals surface area contributed by atoms with Crippen LogP contribution in [0.1, 0.15) is 44.6 Å². The highest BCUT2D eigenvalue weighted by Crippen LogP contribution is 2.57. The number of halogens is 1. The van der Waals surface area contributed by atoms with E-state index in [9.17, 15) is 9.90 Å². The Labute approximate surface area is 153 Å². The van der Waals surface area contributed by atoms with E-state index in [4.69, 9.17) is 11.6 Å². The number of urea groups is 1. The third-order valence-electron chi connectivity index (χ3n) is 7.15. The van der Waals surface area contributed by atoms with E-state index in [0.717, 1.165) is 37.7 Å². The zero-order chi connectivity index (χ0) is 17.4. The maximum Gasteiger partial charge on any atom is 0.318 e. The Morgan fingerprint density at radius 1 is 1.20 bits per heavy atom. The Bertz CT molecular complexity index is 722. The molecule has 134 valence electrons. The fourth-order valence-corrected chi connectivity index (χ4v) is 6.87. The lowest BCUT2D eigenvalue weighted by Crippen LogP contribution is -2.62. The number of nitrogens with one attached hydrogen (secondary N) is 1. The number of carbonyl (C=O) groups excluding carboxylic acids is 1. The van der Waals surface area contributed by atoms with Gasteiger partial charge in [0.2, 0.25) is 0 Å². The number of rotatable bonds is 2. The summed E-state index contributed by atoms with van der Waals surface area (Å²) in [6.45, 7) is 2.71. The monoisotopic (exact) mass is 360 g/mol. The Hall–Kier alpha value is -1.26. The van der Waals surface area contributed by atoms with E-state index in [2.05, 4.69) is 17.1 Å². The second kappa shape index (κ2) is 5.14. The fourth-order valence-electron chi connectivity index (χ4n) is 6.53. The van der Waals surface area contributed by atoms with Gasteiger partial charge < -0.3 is 15.3 Å². The van der Waals surface area contributed by atoms with Crippen LogP contribution in [0.25, 0.3) is 0 Å². The van der Waals surface area contributed by atoms with Gasteiger partial charge in [-0.05, 0) is 68.4 Å². The first-order valence-electron chi connectivity index (χ1n) is 9.43. The molecule has 1 saturated heterocycles. The number of nitrogens with zero attached hydrogens (tertiary/aromatic N) is 1. The standard InChI is InChI=1S/C20H25ClN2O2/c1-19(15-4-2-3-5-16(15)21)11-23(18(24)22-19)17-13-6-12-7-14(17)10-20(25,8-12)9-13/h2-5,12-14,17,25H,6-11H2,1H3,(H,22,24). The Morgan fingerprint density at radius 2 is 1.88 bits per heavy atom. The lowest BCUT2D eigenvalue weighted by atomic mass is 9.52. The van der Waals surface area contributed by atoms with Crippen LogP contribution < -0.4 is 5.32 Å². The van der Waals surface area contributed by atoms with Gasteiger partial charge in [-0.3, -0.25) is 0 Å². The maximum atomic E-state index is 12.9. The van der Waals surface area contributed by atoms with Crippen LogP contribution in [0.4, 0.5) is 4.79 Å². The van der Waals surface area contributed by atoms with Crippen molar-refractivity contribution in [2.24, 2.45) is 17.8 Å². The van der Waals surface area contributed by atoms with E-state index in [1.165, 1.54) is 0 Å². The third kappa shape index (κ3) is 2.33. The average molecular weight is 361 g/mol. The molecule has 4 bridgehead atoms. The topological polar surface area (TPSA) is 52.6 Å². The highest BCUT2D eigenvalue weighted by Gasteiger charge is 2.58. The molecule has 1 heterocycles. The Morgan fingerprint density at radius 3 is 2.52 bits per heavy atom. The first-order valence-corrected chi connectivity index (χ1v) is 9.81.